The molecule has 0 saturated carbocycles. The highest BCUT2D eigenvalue weighted by molar-refractivity contribution is 5.91. The molecule has 2 aromatic carbocycles. The number of hydrogen-bond acceptors (Lipinski definition) is 4. The van der Waals surface area contributed by atoms with Crippen LogP contribution in [0, 0.1) is 0 Å². The molecule has 1 fully saturated rings. The minimum absolute atomic E-state index is 0.124. The second kappa shape index (κ2) is 8.91. The Morgan fingerprint density at radius 3 is 2.46 bits per heavy atom. The number of nitrogens with zero attached hydrogens (tertiary/aromatic N) is 1. The monoisotopic (exact) mass is 381 g/mol. The topological polar surface area (TPSA) is 55.8 Å². The minimum atomic E-state index is -0.513. The zero-order valence-corrected chi connectivity index (χ0v) is 16.7. The molecule has 1 amide bonds. The molecule has 0 N–H and O–H groups in total. The summed E-state index contributed by atoms with van der Waals surface area (Å²) >= 11 is 0. The molecule has 2 atom stereocenters. The Balaban J connectivity index is 1.57. The molecular formula is C23H27NO4. The number of benzene rings is 2. The van der Waals surface area contributed by atoms with Crippen molar-refractivity contribution in [1.29, 1.82) is 0 Å². The fourth-order valence-electron chi connectivity index (χ4n) is 3.81. The molecule has 148 valence electrons. The van der Waals surface area contributed by atoms with Crippen molar-refractivity contribution in [2.45, 2.75) is 45.2 Å². The molecule has 0 spiro atoms. The van der Waals surface area contributed by atoms with Crippen LogP contribution in [0.4, 0.5) is 0 Å². The Bertz CT molecular complexity index is 879. The maximum atomic E-state index is 12.4. The molecular weight excluding hydrogens is 354 g/mol. The van der Waals surface area contributed by atoms with Gasteiger partial charge >= 0.3 is 5.97 Å². The summed E-state index contributed by atoms with van der Waals surface area (Å²) in [6.45, 7) is 3.88. The Hall–Kier alpha value is -2.82. The van der Waals surface area contributed by atoms with Crippen LogP contribution in [0.1, 0.15) is 38.7 Å². The van der Waals surface area contributed by atoms with Gasteiger partial charge in [-0.15, -0.1) is 0 Å². The molecule has 0 aromatic heterocycles. The lowest BCUT2D eigenvalue weighted by Gasteiger charge is -2.38. The quantitative estimate of drug-likeness (QED) is 0.575. The van der Waals surface area contributed by atoms with Gasteiger partial charge in [-0.2, -0.15) is 0 Å². The van der Waals surface area contributed by atoms with E-state index in [4.69, 9.17) is 9.47 Å². The number of esters is 1. The second-order valence-electron chi connectivity index (χ2n) is 7.34. The van der Waals surface area contributed by atoms with Crippen molar-refractivity contribution in [3.05, 3.63) is 48.0 Å². The van der Waals surface area contributed by atoms with E-state index < -0.39 is 5.97 Å². The first kappa shape index (κ1) is 19.9. The third kappa shape index (κ3) is 4.71. The van der Waals surface area contributed by atoms with Gasteiger partial charge in [0.1, 0.15) is 5.75 Å². The fourth-order valence-corrected chi connectivity index (χ4v) is 3.81. The van der Waals surface area contributed by atoms with Crippen molar-refractivity contribution >= 4 is 28.7 Å². The van der Waals surface area contributed by atoms with Crippen LogP contribution < -0.4 is 4.74 Å². The molecule has 0 radical (unpaired) electrons. The first-order valence-electron chi connectivity index (χ1n) is 9.71. The maximum Gasteiger partial charge on any atom is 0.331 e. The first-order valence-corrected chi connectivity index (χ1v) is 9.71. The lowest BCUT2D eigenvalue weighted by atomic mass is 9.97. The number of piperidine rings is 1. The van der Waals surface area contributed by atoms with Crippen LogP contribution in [0.5, 0.6) is 5.75 Å². The Labute approximate surface area is 165 Å². The Morgan fingerprint density at radius 1 is 1.07 bits per heavy atom. The van der Waals surface area contributed by atoms with Crippen molar-refractivity contribution in [2.75, 3.05) is 13.7 Å². The number of rotatable bonds is 5. The highest BCUT2D eigenvalue weighted by Crippen LogP contribution is 2.23. The maximum absolute atomic E-state index is 12.4. The lowest BCUT2D eigenvalue weighted by Crippen LogP contribution is -2.49. The van der Waals surface area contributed by atoms with E-state index in [1.807, 2.05) is 55.1 Å². The van der Waals surface area contributed by atoms with Crippen LogP contribution in [0.2, 0.25) is 0 Å². The van der Waals surface area contributed by atoms with Crippen LogP contribution in [0.15, 0.2) is 42.5 Å². The molecule has 28 heavy (non-hydrogen) atoms. The second-order valence-corrected chi connectivity index (χ2v) is 7.34. The Morgan fingerprint density at radius 2 is 1.75 bits per heavy atom. The van der Waals surface area contributed by atoms with Gasteiger partial charge in [-0.05, 0) is 73.7 Å². The SMILES string of the molecule is COc1ccc2cc(/C=C/C(=O)OCC(=O)N3[C@H](C)CCC[C@@H]3C)ccc2c1. The minimum Gasteiger partial charge on any atom is -0.497 e. The number of ether oxygens (including phenoxy) is 2. The van der Waals surface area contributed by atoms with E-state index in [9.17, 15) is 9.59 Å². The van der Waals surface area contributed by atoms with E-state index in [0.717, 1.165) is 41.3 Å². The number of methoxy groups -OCH3 is 1. The van der Waals surface area contributed by atoms with Crippen LogP contribution in [-0.4, -0.2) is 42.6 Å². The summed E-state index contributed by atoms with van der Waals surface area (Å²) in [5, 5.41) is 2.12. The number of carbonyl (C=O) groups excluding carboxylic acids is 2. The van der Waals surface area contributed by atoms with E-state index in [2.05, 4.69) is 0 Å². The van der Waals surface area contributed by atoms with Gasteiger partial charge in [-0.3, -0.25) is 4.79 Å². The van der Waals surface area contributed by atoms with Crippen molar-refractivity contribution < 1.29 is 19.1 Å². The van der Waals surface area contributed by atoms with Gasteiger partial charge in [0.25, 0.3) is 5.91 Å². The molecule has 2 aromatic rings. The van der Waals surface area contributed by atoms with Crippen LogP contribution >= 0.6 is 0 Å². The molecule has 3 rings (SSSR count). The summed E-state index contributed by atoms with van der Waals surface area (Å²) in [6, 6.07) is 12.1. The van der Waals surface area contributed by atoms with Crippen molar-refractivity contribution in [2.24, 2.45) is 0 Å². The summed E-state index contributed by atoms with van der Waals surface area (Å²) in [5.41, 5.74) is 0.888. The van der Waals surface area contributed by atoms with E-state index >= 15 is 0 Å². The van der Waals surface area contributed by atoms with Gasteiger partial charge in [0.15, 0.2) is 6.61 Å². The van der Waals surface area contributed by atoms with E-state index in [1.165, 1.54) is 6.08 Å². The van der Waals surface area contributed by atoms with Gasteiger partial charge < -0.3 is 14.4 Å². The number of amides is 1. The highest BCUT2D eigenvalue weighted by Gasteiger charge is 2.29. The third-order valence-corrected chi connectivity index (χ3v) is 5.30. The van der Waals surface area contributed by atoms with Crippen molar-refractivity contribution in [3.63, 3.8) is 0 Å². The van der Waals surface area contributed by atoms with Gasteiger partial charge in [0.05, 0.1) is 7.11 Å². The van der Waals surface area contributed by atoms with Crippen LogP contribution in [0.3, 0.4) is 0 Å². The van der Waals surface area contributed by atoms with E-state index in [0.29, 0.717) is 0 Å². The molecule has 1 heterocycles. The number of carbonyl (C=O) groups is 2. The molecule has 5 nitrogen and oxygen atoms in total. The molecule has 1 aliphatic heterocycles. The van der Waals surface area contributed by atoms with Gasteiger partial charge in [-0.25, -0.2) is 4.79 Å². The lowest BCUT2D eigenvalue weighted by molar-refractivity contribution is -0.151. The van der Waals surface area contributed by atoms with Crippen LogP contribution in [0.25, 0.3) is 16.8 Å². The van der Waals surface area contributed by atoms with Gasteiger partial charge in [0, 0.05) is 18.2 Å². The summed E-state index contributed by atoms with van der Waals surface area (Å²) in [6.07, 6.45) is 6.19. The Kier molecular flexibility index (Phi) is 6.34. The standard InChI is InChI=1S/C23H27NO4/c1-16-5-4-6-17(2)24(16)22(25)15-28-23(26)12-8-18-7-9-20-14-21(27-3)11-10-19(20)13-18/h7-14,16-17H,4-6,15H2,1-3H3/b12-8+/t16-,17+. The first-order chi connectivity index (χ1) is 13.5. The summed E-state index contributed by atoms with van der Waals surface area (Å²) in [5.74, 6) is 0.169. The fraction of sp³-hybridized carbons (Fsp3) is 0.391. The predicted octanol–water partition coefficient (Wildman–Crippen LogP) is 4.19. The number of hydrogen-bond donors (Lipinski definition) is 0. The van der Waals surface area contributed by atoms with Crippen molar-refractivity contribution in [3.8, 4) is 5.75 Å². The van der Waals surface area contributed by atoms with Crippen LogP contribution in [-0.2, 0) is 14.3 Å². The third-order valence-electron chi connectivity index (χ3n) is 5.30. The predicted molar refractivity (Wildman–Crippen MR) is 110 cm³/mol. The van der Waals surface area contributed by atoms with Crippen molar-refractivity contribution in [1.82, 2.24) is 4.90 Å². The zero-order chi connectivity index (χ0) is 20.1. The average Bonchev–Trinajstić information content (AvgIpc) is 2.70. The largest absolute Gasteiger partial charge is 0.497 e. The number of fused-ring (bicyclic) bond motifs is 1. The normalized spacial score (nSPS) is 19.8. The average molecular weight is 381 g/mol. The summed E-state index contributed by atoms with van der Waals surface area (Å²) in [4.78, 5) is 26.3. The zero-order valence-electron chi connectivity index (χ0n) is 16.7. The number of likely N-dealkylation sites (tertiary alicyclic amines) is 1. The molecule has 5 heteroatoms. The van der Waals surface area contributed by atoms with Gasteiger partial charge in [-0.1, -0.05) is 18.2 Å². The highest BCUT2D eigenvalue weighted by atomic mass is 16.5. The van der Waals surface area contributed by atoms with E-state index in [1.54, 1.807) is 13.2 Å². The summed E-state index contributed by atoms with van der Waals surface area (Å²) < 4.78 is 10.4. The summed E-state index contributed by atoms with van der Waals surface area (Å²) in [7, 11) is 1.64. The molecule has 1 aliphatic rings. The smallest absolute Gasteiger partial charge is 0.331 e. The van der Waals surface area contributed by atoms with E-state index in [-0.39, 0.29) is 24.6 Å². The van der Waals surface area contributed by atoms with Gasteiger partial charge in [0.2, 0.25) is 0 Å². The molecule has 0 bridgehead atoms. The molecule has 0 aliphatic carbocycles. The molecule has 1 saturated heterocycles. The molecule has 0 unspecified atom stereocenters.